The molecule has 2 atom stereocenters. The number of furan rings is 3. The Bertz CT molecular complexity index is 9830. The van der Waals surface area contributed by atoms with Gasteiger partial charge in [-0.25, -0.2) is 34.9 Å². The third-order valence-corrected chi connectivity index (χ3v) is 32.8. The highest BCUT2D eigenvalue weighted by atomic mass is 16.3. The molecule has 0 saturated carbocycles. The number of benzene rings is 19. The molecule has 720 valence electrons. The summed E-state index contributed by atoms with van der Waals surface area (Å²) in [6, 6.07) is 144. The Balaban J connectivity index is 0.000000111. The molecule has 0 radical (unpaired) electrons. The second-order valence-electron chi connectivity index (χ2n) is 42.4. The SMILES string of the molecule is CC(C)(C)C1(C)c2ccccc2-c2cc(-c3nc(-c4ccccc4)nc(-c4ccccc4-c4ccccc4)n3)c3oc4ccccc4c3c21.CC(C)C1(C(C)C)c2cccc(-c3nc(-c4cccc5ccccc45)nc(-c4cccc5ccccc45)n3)c2-c2ccc3oc4ccccc4c3c21.CC(C)C1(C)c2ccccc2-c2cc(-c3nc(-c4ccccc4)nc(-n4c5ccccc5c5ccccc54)n3)c3oc4ccccc4c3c21. The number of aromatic nitrogens is 10. The highest BCUT2D eigenvalue weighted by Gasteiger charge is 2.53. The van der Waals surface area contributed by atoms with Crippen LogP contribution in [0.3, 0.4) is 0 Å². The highest BCUT2D eigenvalue weighted by Crippen LogP contribution is 2.65. The Hall–Kier alpha value is -18.1. The monoisotopic (exact) mass is 1940 g/mol. The van der Waals surface area contributed by atoms with E-state index in [9.17, 15) is 0 Å². The van der Waals surface area contributed by atoms with Crippen molar-refractivity contribution in [1.29, 1.82) is 0 Å². The van der Waals surface area contributed by atoms with Gasteiger partial charge in [-0.3, -0.25) is 4.57 Å². The zero-order chi connectivity index (χ0) is 101. The molecule has 2 unspecified atom stereocenters. The van der Waals surface area contributed by atoms with Crippen molar-refractivity contribution in [2.45, 2.75) is 92.4 Å². The fraction of sp³-hybridized carbons (Fsp3) is 0.131. The van der Waals surface area contributed by atoms with Gasteiger partial charge in [0.15, 0.2) is 46.6 Å². The number of hydrogen-bond acceptors (Lipinski definition) is 12. The molecule has 7 aromatic heterocycles. The molecule has 0 aliphatic heterocycles. The van der Waals surface area contributed by atoms with Crippen LogP contribution in [0.2, 0.25) is 0 Å². The quantitative estimate of drug-likeness (QED) is 0.108. The number of para-hydroxylation sites is 5. The molecule has 29 rings (SSSR count). The highest BCUT2D eigenvalue weighted by molar-refractivity contribution is 6.19. The molecular weight excluding hydrogens is 1830 g/mol. The van der Waals surface area contributed by atoms with Crippen LogP contribution in [-0.2, 0) is 16.2 Å². The van der Waals surface area contributed by atoms with Crippen LogP contribution in [0.25, 0.3) is 251 Å². The fourth-order valence-electron chi connectivity index (χ4n) is 25.3. The molecule has 3 aliphatic rings. The molecule has 0 spiro atoms. The van der Waals surface area contributed by atoms with Gasteiger partial charge in [-0.05, 0) is 171 Å². The lowest BCUT2D eigenvalue weighted by molar-refractivity contribution is 0.256. The zero-order valence-electron chi connectivity index (χ0n) is 85.2. The van der Waals surface area contributed by atoms with Crippen molar-refractivity contribution in [3.05, 3.63) is 446 Å². The molecule has 0 fully saturated rings. The molecule has 26 aromatic rings. The lowest BCUT2D eigenvalue weighted by Crippen LogP contribution is -2.37. The van der Waals surface area contributed by atoms with E-state index in [1.807, 2.05) is 60.7 Å². The number of fused-ring (bicyclic) bond motifs is 26. The summed E-state index contributed by atoms with van der Waals surface area (Å²) < 4.78 is 22.4. The van der Waals surface area contributed by atoms with Crippen molar-refractivity contribution in [3.63, 3.8) is 0 Å². The van der Waals surface area contributed by atoms with E-state index in [1.165, 1.54) is 72.1 Å². The number of nitrogens with zero attached hydrogens (tertiary/aromatic N) is 10. The van der Waals surface area contributed by atoms with Gasteiger partial charge in [-0.15, -0.1) is 0 Å². The van der Waals surface area contributed by atoms with E-state index in [1.54, 1.807) is 0 Å². The van der Waals surface area contributed by atoms with E-state index in [-0.39, 0.29) is 21.7 Å². The summed E-state index contributed by atoms with van der Waals surface area (Å²) in [4.78, 5) is 47.3. The molecule has 19 aromatic carbocycles. The van der Waals surface area contributed by atoms with Crippen molar-refractivity contribution in [3.8, 4) is 142 Å². The second-order valence-corrected chi connectivity index (χ2v) is 42.4. The van der Waals surface area contributed by atoms with E-state index in [0.29, 0.717) is 70.3 Å². The maximum atomic E-state index is 6.85. The van der Waals surface area contributed by atoms with Gasteiger partial charge in [0.1, 0.15) is 33.5 Å². The van der Waals surface area contributed by atoms with Crippen molar-refractivity contribution in [2.75, 3.05) is 0 Å². The van der Waals surface area contributed by atoms with Gasteiger partial charge in [0, 0.05) is 92.7 Å². The third-order valence-electron chi connectivity index (χ3n) is 32.8. The summed E-state index contributed by atoms with van der Waals surface area (Å²) in [6.45, 7) is 25.9. The fourth-order valence-corrected chi connectivity index (χ4v) is 25.3. The van der Waals surface area contributed by atoms with Crippen LogP contribution in [0, 0.1) is 23.2 Å². The maximum Gasteiger partial charge on any atom is 0.238 e. The van der Waals surface area contributed by atoms with E-state index >= 15 is 0 Å². The second kappa shape index (κ2) is 35.1. The first kappa shape index (κ1) is 90.7. The van der Waals surface area contributed by atoms with Crippen molar-refractivity contribution < 1.29 is 13.3 Å². The van der Waals surface area contributed by atoms with E-state index in [0.717, 1.165) is 159 Å². The van der Waals surface area contributed by atoms with Crippen molar-refractivity contribution in [2.24, 2.45) is 23.2 Å². The lowest BCUT2D eigenvalue weighted by Gasteiger charge is -2.41. The number of hydrogen-bond donors (Lipinski definition) is 0. The lowest BCUT2D eigenvalue weighted by atomic mass is 9.62. The normalized spacial score (nSPS) is 14.8. The van der Waals surface area contributed by atoms with Gasteiger partial charge in [0.2, 0.25) is 5.95 Å². The van der Waals surface area contributed by atoms with E-state index in [2.05, 4.69) is 433 Å². The average Bonchev–Trinajstić information content (AvgIpc) is 1.53. The molecule has 13 nitrogen and oxygen atoms in total. The van der Waals surface area contributed by atoms with Gasteiger partial charge in [-0.2, -0.15) is 9.97 Å². The zero-order valence-corrected chi connectivity index (χ0v) is 85.2. The Morgan fingerprint density at radius 2 is 0.600 bits per heavy atom. The molecule has 0 saturated heterocycles. The first-order valence-corrected chi connectivity index (χ1v) is 52.1. The van der Waals surface area contributed by atoms with Gasteiger partial charge in [-0.1, -0.05) is 440 Å². The molecule has 0 N–H and O–H groups in total. The Kier molecular flexibility index (Phi) is 21.2. The Morgan fingerprint density at radius 1 is 0.240 bits per heavy atom. The van der Waals surface area contributed by atoms with E-state index in [4.69, 9.17) is 58.1 Å². The molecular formula is C137H104N10O3. The summed E-state index contributed by atoms with van der Waals surface area (Å²) in [5, 5.41) is 13.7. The molecule has 0 amide bonds. The van der Waals surface area contributed by atoms with Crippen LogP contribution in [0.15, 0.2) is 426 Å². The van der Waals surface area contributed by atoms with Crippen LogP contribution < -0.4 is 0 Å². The predicted octanol–water partition coefficient (Wildman–Crippen LogP) is 35.6. The van der Waals surface area contributed by atoms with Gasteiger partial charge in [0.25, 0.3) is 0 Å². The summed E-state index contributed by atoms with van der Waals surface area (Å²) in [5.74, 6) is 6.53. The smallest absolute Gasteiger partial charge is 0.238 e. The van der Waals surface area contributed by atoms with Gasteiger partial charge >= 0.3 is 0 Å². The third kappa shape index (κ3) is 13.9. The molecule has 150 heavy (non-hydrogen) atoms. The largest absolute Gasteiger partial charge is 0.456 e. The summed E-state index contributed by atoms with van der Waals surface area (Å²) in [7, 11) is 0. The first-order valence-electron chi connectivity index (χ1n) is 52.1. The molecule has 0 bridgehead atoms. The summed E-state index contributed by atoms with van der Waals surface area (Å²) in [6.07, 6.45) is 0. The Morgan fingerprint density at radius 3 is 1.13 bits per heavy atom. The molecule has 13 heteroatoms. The van der Waals surface area contributed by atoms with Crippen LogP contribution in [0.4, 0.5) is 0 Å². The summed E-state index contributed by atoms with van der Waals surface area (Å²) in [5.41, 5.74) is 31.4. The maximum absolute atomic E-state index is 6.85. The van der Waals surface area contributed by atoms with Gasteiger partial charge < -0.3 is 13.3 Å². The standard InChI is InChI=1S/C48H37N3O.C45H35N3O.C44H32N4O/c1-28(2)48(29(3)4)39-24-13-23-38(42(39)37-26-27-41-43(44(37)48)36-20-9-10-25-40(36)52-41)47-50-45(34-21-11-16-30-14-5-7-18-32(30)34)49-46(51-47)35-22-12-17-31-15-6-8-19-33(31)35;1-44(2,3)45(4)36-25-15-13-22-31(36)34-27-35(40-38(39(34)45)33-24-14-16-26-37(33)49-40)43-47-41(29-19-9-6-10-20-29)46-42(48-43)32-23-12-11-21-30(32)28-17-7-5-8-18-28;1-26(2)44(3)34-21-11-7-17-28(34)32-25-33(40-38(39(32)44)31-20-10-14-24-37(31)49-40)42-45-41(27-15-5-4-6-16-27)46-43(47-42)48-35-22-12-8-18-29(35)30-19-9-13-23-36(30)48/h5-29H,1-4H3;5-27H,1-4H3;4-26H,1-3H3. The van der Waals surface area contributed by atoms with Crippen molar-refractivity contribution in [1.82, 2.24) is 49.4 Å². The first-order chi connectivity index (χ1) is 73.3. The van der Waals surface area contributed by atoms with Crippen LogP contribution >= 0.6 is 0 Å². The van der Waals surface area contributed by atoms with Crippen LogP contribution in [0.5, 0.6) is 0 Å². The van der Waals surface area contributed by atoms with Crippen molar-refractivity contribution >= 4 is 109 Å². The minimum absolute atomic E-state index is 0.0802. The number of rotatable bonds is 13. The van der Waals surface area contributed by atoms with Gasteiger partial charge in [0.05, 0.1) is 22.2 Å². The van der Waals surface area contributed by atoms with E-state index < -0.39 is 0 Å². The summed E-state index contributed by atoms with van der Waals surface area (Å²) >= 11 is 0. The van der Waals surface area contributed by atoms with Crippen LogP contribution in [-0.4, -0.2) is 49.4 Å². The molecule has 7 heterocycles. The molecule has 3 aliphatic carbocycles. The Labute approximate surface area is 868 Å². The predicted molar refractivity (Wildman–Crippen MR) is 614 cm³/mol. The topological polar surface area (TPSA) is 160 Å². The average molecular weight is 1940 g/mol. The minimum atomic E-state index is -0.267. The van der Waals surface area contributed by atoms with Crippen LogP contribution in [0.1, 0.15) is 110 Å². The minimum Gasteiger partial charge on any atom is -0.456 e.